The number of likely N-dealkylation sites (N-methyl/N-ethyl adjacent to an activating group) is 1. The Hall–Kier alpha value is -0.0800. The van der Waals surface area contributed by atoms with Gasteiger partial charge in [0, 0.05) is 12.6 Å². The zero-order valence-electron chi connectivity index (χ0n) is 10.1. The van der Waals surface area contributed by atoms with Crippen LogP contribution >= 0.6 is 0 Å². The number of hydrogen-bond acceptors (Lipinski definition) is 2. The highest BCUT2D eigenvalue weighted by molar-refractivity contribution is 4.89. The minimum absolute atomic E-state index is 0.420. The van der Waals surface area contributed by atoms with Crippen LogP contribution in [-0.4, -0.2) is 25.3 Å². The Morgan fingerprint density at radius 1 is 1.36 bits per heavy atom. The molecular weight excluding hydrogens is 174 g/mol. The Kier molecular flexibility index (Phi) is 4.39. The van der Waals surface area contributed by atoms with Crippen LogP contribution in [0.4, 0.5) is 0 Å². The van der Waals surface area contributed by atoms with Crippen LogP contribution in [0.1, 0.15) is 47.0 Å². The van der Waals surface area contributed by atoms with Crippen LogP contribution in [-0.2, 0) is 4.74 Å². The predicted octanol–water partition coefficient (Wildman–Crippen LogP) is 2.58. The molecule has 0 amide bonds. The third-order valence-corrected chi connectivity index (χ3v) is 3.18. The summed E-state index contributed by atoms with van der Waals surface area (Å²) < 4.78 is 5.82. The number of rotatable bonds is 4. The number of nitrogens with one attached hydrogen (secondary N) is 1. The second-order valence-electron chi connectivity index (χ2n) is 5.06. The van der Waals surface area contributed by atoms with Crippen molar-refractivity contribution in [3.63, 3.8) is 0 Å². The Morgan fingerprint density at radius 2 is 2.07 bits per heavy atom. The quantitative estimate of drug-likeness (QED) is 0.751. The molecule has 1 aliphatic carbocycles. The molecule has 84 valence electrons. The van der Waals surface area contributed by atoms with Crippen molar-refractivity contribution in [1.82, 2.24) is 5.32 Å². The van der Waals surface area contributed by atoms with Crippen LogP contribution in [0.25, 0.3) is 0 Å². The number of ether oxygens (including phenoxy) is 1. The lowest BCUT2D eigenvalue weighted by molar-refractivity contribution is -0.0222. The van der Waals surface area contributed by atoms with Gasteiger partial charge in [-0.2, -0.15) is 0 Å². The molecule has 1 fully saturated rings. The van der Waals surface area contributed by atoms with E-state index in [-0.39, 0.29) is 0 Å². The maximum absolute atomic E-state index is 5.82. The van der Waals surface area contributed by atoms with Crippen LogP contribution < -0.4 is 5.32 Å². The highest BCUT2D eigenvalue weighted by Gasteiger charge is 2.34. The molecule has 0 heterocycles. The molecular formula is C12H25NO. The molecule has 0 aromatic carbocycles. The van der Waals surface area contributed by atoms with Crippen molar-refractivity contribution in [2.24, 2.45) is 5.41 Å². The predicted molar refractivity (Wildman–Crippen MR) is 60.5 cm³/mol. The van der Waals surface area contributed by atoms with E-state index in [1.807, 2.05) is 0 Å². The molecule has 2 nitrogen and oxygen atoms in total. The monoisotopic (exact) mass is 199 g/mol. The topological polar surface area (TPSA) is 21.3 Å². The van der Waals surface area contributed by atoms with E-state index in [1.165, 1.54) is 19.3 Å². The molecule has 2 unspecified atom stereocenters. The molecule has 1 rings (SSSR count). The SMILES string of the molecule is CCNC1CCC(C)(C)CC1OCC. The van der Waals surface area contributed by atoms with Crippen molar-refractivity contribution in [3.8, 4) is 0 Å². The zero-order valence-corrected chi connectivity index (χ0v) is 10.1. The molecule has 0 aromatic rings. The third-order valence-electron chi connectivity index (χ3n) is 3.18. The Balaban J connectivity index is 2.51. The van der Waals surface area contributed by atoms with Crippen LogP contribution in [0.3, 0.4) is 0 Å². The van der Waals surface area contributed by atoms with Crippen LogP contribution in [0.5, 0.6) is 0 Å². The van der Waals surface area contributed by atoms with Crippen molar-refractivity contribution in [3.05, 3.63) is 0 Å². The normalized spacial score (nSPS) is 31.7. The summed E-state index contributed by atoms with van der Waals surface area (Å²) in [5, 5.41) is 3.53. The van der Waals surface area contributed by atoms with Crippen molar-refractivity contribution in [2.45, 2.75) is 59.1 Å². The van der Waals surface area contributed by atoms with Gasteiger partial charge in [0.2, 0.25) is 0 Å². The van der Waals surface area contributed by atoms with Gasteiger partial charge in [-0.15, -0.1) is 0 Å². The molecule has 0 radical (unpaired) electrons. The van der Waals surface area contributed by atoms with E-state index in [1.54, 1.807) is 0 Å². The molecule has 1 saturated carbocycles. The van der Waals surface area contributed by atoms with Gasteiger partial charge in [-0.05, 0) is 38.1 Å². The first-order valence-electron chi connectivity index (χ1n) is 5.94. The summed E-state index contributed by atoms with van der Waals surface area (Å²) >= 11 is 0. The Labute approximate surface area is 88.4 Å². The van der Waals surface area contributed by atoms with E-state index in [0.717, 1.165) is 13.2 Å². The first kappa shape index (κ1) is 12.0. The van der Waals surface area contributed by atoms with Gasteiger partial charge in [0.05, 0.1) is 6.10 Å². The third kappa shape index (κ3) is 3.25. The fourth-order valence-corrected chi connectivity index (χ4v) is 2.41. The van der Waals surface area contributed by atoms with Gasteiger partial charge in [-0.1, -0.05) is 20.8 Å². The average Bonchev–Trinajstić information content (AvgIpc) is 2.10. The first-order chi connectivity index (χ1) is 6.59. The highest BCUT2D eigenvalue weighted by atomic mass is 16.5. The maximum Gasteiger partial charge on any atom is 0.0732 e. The molecule has 0 spiro atoms. The van der Waals surface area contributed by atoms with E-state index < -0.39 is 0 Å². The minimum Gasteiger partial charge on any atom is -0.377 e. The lowest BCUT2D eigenvalue weighted by Crippen LogP contribution is -2.47. The molecule has 14 heavy (non-hydrogen) atoms. The fourth-order valence-electron chi connectivity index (χ4n) is 2.41. The standard InChI is InChI=1S/C12H25NO/c1-5-13-10-7-8-12(3,4)9-11(10)14-6-2/h10-11,13H,5-9H2,1-4H3. The summed E-state index contributed by atoms with van der Waals surface area (Å²) in [6.45, 7) is 10.8. The van der Waals surface area contributed by atoms with Crippen molar-refractivity contribution in [2.75, 3.05) is 13.2 Å². The highest BCUT2D eigenvalue weighted by Crippen LogP contribution is 2.36. The number of hydrogen-bond donors (Lipinski definition) is 1. The molecule has 1 aliphatic rings. The van der Waals surface area contributed by atoms with E-state index in [4.69, 9.17) is 4.74 Å². The van der Waals surface area contributed by atoms with Gasteiger partial charge in [-0.3, -0.25) is 0 Å². The van der Waals surface area contributed by atoms with Gasteiger partial charge in [0.15, 0.2) is 0 Å². The van der Waals surface area contributed by atoms with Crippen LogP contribution in [0.2, 0.25) is 0 Å². The summed E-state index contributed by atoms with van der Waals surface area (Å²) in [6.07, 6.45) is 4.18. The largest absolute Gasteiger partial charge is 0.377 e. The van der Waals surface area contributed by atoms with Crippen molar-refractivity contribution >= 4 is 0 Å². The lowest BCUT2D eigenvalue weighted by Gasteiger charge is -2.40. The maximum atomic E-state index is 5.82. The molecule has 2 heteroatoms. The van der Waals surface area contributed by atoms with Gasteiger partial charge < -0.3 is 10.1 Å². The van der Waals surface area contributed by atoms with Gasteiger partial charge in [0.1, 0.15) is 0 Å². The van der Waals surface area contributed by atoms with Gasteiger partial charge in [0.25, 0.3) is 0 Å². The van der Waals surface area contributed by atoms with Crippen LogP contribution in [0, 0.1) is 5.41 Å². The van der Waals surface area contributed by atoms with E-state index in [9.17, 15) is 0 Å². The lowest BCUT2D eigenvalue weighted by atomic mass is 9.74. The summed E-state index contributed by atoms with van der Waals surface area (Å²) in [5.74, 6) is 0. The van der Waals surface area contributed by atoms with E-state index in [0.29, 0.717) is 17.6 Å². The molecule has 0 aliphatic heterocycles. The summed E-state index contributed by atoms with van der Waals surface area (Å²) in [5.41, 5.74) is 0.464. The zero-order chi connectivity index (χ0) is 10.6. The Morgan fingerprint density at radius 3 is 2.64 bits per heavy atom. The second-order valence-corrected chi connectivity index (χ2v) is 5.06. The molecule has 0 saturated heterocycles. The smallest absolute Gasteiger partial charge is 0.0732 e. The second kappa shape index (κ2) is 5.13. The average molecular weight is 199 g/mol. The molecule has 0 bridgehead atoms. The molecule has 0 aromatic heterocycles. The molecule has 1 N–H and O–H groups in total. The summed E-state index contributed by atoms with van der Waals surface area (Å²) in [4.78, 5) is 0. The Bertz CT molecular complexity index is 168. The first-order valence-corrected chi connectivity index (χ1v) is 5.94. The summed E-state index contributed by atoms with van der Waals surface area (Å²) in [7, 11) is 0. The van der Waals surface area contributed by atoms with E-state index >= 15 is 0 Å². The van der Waals surface area contributed by atoms with Gasteiger partial charge in [-0.25, -0.2) is 0 Å². The molecule has 2 atom stereocenters. The minimum atomic E-state index is 0.420. The van der Waals surface area contributed by atoms with Crippen molar-refractivity contribution < 1.29 is 4.74 Å². The van der Waals surface area contributed by atoms with Crippen LogP contribution in [0.15, 0.2) is 0 Å². The van der Waals surface area contributed by atoms with Gasteiger partial charge >= 0.3 is 0 Å². The van der Waals surface area contributed by atoms with Crippen molar-refractivity contribution in [1.29, 1.82) is 0 Å². The fraction of sp³-hybridized carbons (Fsp3) is 1.00. The summed E-state index contributed by atoms with van der Waals surface area (Å²) in [6, 6.07) is 0.577. The van der Waals surface area contributed by atoms with E-state index in [2.05, 4.69) is 33.0 Å².